The van der Waals surface area contributed by atoms with Crippen LogP contribution in [0.4, 0.5) is 0 Å². The minimum atomic E-state index is 0.769. The maximum absolute atomic E-state index is 5.05. The molecule has 0 saturated heterocycles. The van der Waals surface area contributed by atoms with E-state index in [1.54, 1.807) is 0 Å². The first-order valence-electron chi connectivity index (χ1n) is 6.05. The van der Waals surface area contributed by atoms with Crippen LogP contribution < -0.4 is 5.32 Å². The number of aryl methyl sites for hydroxylation is 1. The lowest BCUT2D eigenvalue weighted by molar-refractivity contribution is 0.389. The first kappa shape index (κ1) is 11.9. The second-order valence-electron chi connectivity index (χ2n) is 4.30. The Labute approximate surface area is 102 Å². The first-order chi connectivity index (χ1) is 8.28. The zero-order chi connectivity index (χ0) is 12.1. The normalized spacial score (nSPS) is 10.9. The van der Waals surface area contributed by atoms with Gasteiger partial charge in [0.25, 0.3) is 0 Å². The van der Waals surface area contributed by atoms with Crippen molar-refractivity contribution in [3.05, 3.63) is 41.5 Å². The van der Waals surface area contributed by atoms with E-state index >= 15 is 0 Å². The Morgan fingerprint density at radius 3 is 3.06 bits per heavy atom. The Kier molecular flexibility index (Phi) is 3.98. The van der Waals surface area contributed by atoms with Crippen LogP contribution in [0.25, 0.3) is 0 Å². The van der Waals surface area contributed by atoms with Gasteiger partial charge in [0.1, 0.15) is 11.5 Å². The molecule has 0 saturated carbocycles. The average Bonchev–Trinajstić information content (AvgIpc) is 2.90. The van der Waals surface area contributed by atoms with Crippen molar-refractivity contribution in [3.63, 3.8) is 0 Å². The highest BCUT2D eigenvalue weighted by Gasteiger charge is 2.02. The molecule has 0 radical (unpaired) electrons. The topological polar surface area (TPSA) is 43.0 Å². The van der Waals surface area contributed by atoms with Crippen LogP contribution in [0.3, 0.4) is 0 Å². The van der Waals surface area contributed by atoms with E-state index in [9.17, 15) is 0 Å². The van der Waals surface area contributed by atoms with E-state index in [0.29, 0.717) is 0 Å². The molecule has 2 heterocycles. The van der Waals surface area contributed by atoms with Gasteiger partial charge in [0.2, 0.25) is 0 Å². The second kappa shape index (κ2) is 5.68. The molecule has 2 rings (SSSR count). The van der Waals surface area contributed by atoms with E-state index in [1.165, 1.54) is 12.0 Å². The summed E-state index contributed by atoms with van der Waals surface area (Å²) in [6, 6.07) is 4.10. The fourth-order valence-corrected chi connectivity index (χ4v) is 1.78. The molecule has 0 unspecified atom stereocenters. The van der Waals surface area contributed by atoms with Gasteiger partial charge in [-0.2, -0.15) is 0 Å². The van der Waals surface area contributed by atoms with Gasteiger partial charge < -0.3 is 14.4 Å². The molecule has 0 fully saturated rings. The van der Waals surface area contributed by atoms with Crippen LogP contribution in [-0.2, 0) is 13.1 Å². The summed E-state index contributed by atoms with van der Waals surface area (Å²) in [4.78, 5) is 0. The van der Waals surface area contributed by atoms with Gasteiger partial charge >= 0.3 is 0 Å². The van der Waals surface area contributed by atoms with E-state index in [-0.39, 0.29) is 0 Å². The SMILES string of the molecule is CCCNCc1ccn(Cc2cc(C)on2)c1. The number of nitrogens with zero attached hydrogens (tertiary/aromatic N) is 2. The Balaban J connectivity index is 1.89. The van der Waals surface area contributed by atoms with Crippen molar-refractivity contribution in [2.75, 3.05) is 6.54 Å². The van der Waals surface area contributed by atoms with Gasteiger partial charge in [-0.25, -0.2) is 0 Å². The van der Waals surface area contributed by atoms with Gasteiger partial charge in [-0.05, 0) is 31.5 Å². The predicted octanol–water partition coefficient (Wildman–Crippen LogP) is 2.33. The number of hydrogen-bond acceptors (Lipinski definition) is 3. The summed E-state index contributed by atoms with van der Waals surface area (Å²) in [6.07, 6.45) is 5.39. The Morgan fingerprint density at radius 1 is 1.47 bits per heavy atom. The third kappa shape index (κ3) is 3.46. The summed E-state index contributed by atoms with van der Waals surface area (Å²) in [7, 11) is 0. The average molecular weight is 233 g/mol. The number of hydrogen-bond donors (Lipinski definition) is 1. The number of nitrogens with one attached hydrogen (secondary N) is 1. The van der Waals surface area contributed by atoms with E-state index < -0.39 is 0 Å². The number of aromatic nitrogens is 2. The van der Waals surface area contributed by atoms with E-state index in [0.717, 1.165) is 31.1 Å². The summed E-state index contributed by atoms with van der Waals surface area (Å²) in [5.41, 5.74) is 2.27. The van der Waals surface area contributed by atoms with Gasteiger partial charge in [-0.15, -0.1) is 0 Å². The quantitative estimate of drug-likeness (QED) is 0.779. The molecular weight excluding hydrogens is 214 g/mol. The van der Waals surface area contributed by atoms with E-state index in [2.05, 4.69) is 40.4 Å². The van der Waals surface area contributed by atoms with Gasteiger partial charge in [-0.1, -0.05) is 12.1 Å². The summed E-state index contributed by atoms with van der Waals surface area (Å²) >= 11 is 0. The van der Waals surface area contributed by atoms with Gasteiger partial charge in [0.15, 0.2) is 0 Å². The third-order valence-electron chi connectivity index (χ3n) is 2.59. The highest BCUT2D eigenvalue weighted by atomic mass is 16.5. The van der Waals surface area contributed by atoms with Gasteiger partial charge in [0, 0.05) is 25.0 Å². The smallest absolute Gasteiger partial charge is 0.133 e. The second-order valence-corrected chi connectivity index (χ2v) is 4.30. The van der Waals surface area contributed by atoms with Crippen molar-refractivity contribution in [1.82, 2.24) is 15.0 Å². The fourth-order valence-electron chi connectivity index (χ4n) is 1.78. The molecule has 0 aromatic carbocycles. The van der Waals surface area contributed by atoms with Crippen LogP contribution in [-0.4, -0.2) is 16.3 Å². The van der Waals surface area contributed by atoms with Crippen molar-refractivity contribution in [3.8, 4) is 0 Å². The zero-order valence-electron chi connectivity index (χ0n) is 10.4. The lowest BCUT2D eigenvalue weighted by atomic mass is 10.3. The molecule has 92 valence electrons. The van der Waals surface area contributed by atoms with Gasteiger partial charge in [-0.3, -0.25) is 0 Å². The zero-order valence-corrected chi connectivity index (χ0v) is 10.4. The largest absolute Gasteiger partial charge is 0.361 e. The molecule has 4 heteroatoms. The van der Waals surface area contributed by atoms with Crippen molar-refractivity contribution in [2.45, 2.75) is 33.4 Å². The lowest BCUT2D eigenvalue weighted by Gasteiger charge is -2.00. The molecule has 0 aliphatic rings. The third-order valence-corrected chi connectivity index (χ3v) is 2.59. The molecule has 0 atom stereocenters. The van der Waals surface area contributed by atoms with Gasteiger partial charge in [0.05, 0.1) is 6.54 Å². The fraction of sp³-hybridized carbons (Fsp3) is 0.462. The van der Waals surface area contributed by atoms with Crippen LogP contribution in [0.2, 0.25) is 0 Å². The minimum absolute atomic E-state index is 0.769. The molecule has 0 amide bonds. The molecule has 0 aliphatic carbocycles. The highest BCUT2D eigenvalue weighted by molar-refractivity contribution is 5.12. The van der Waals surface area contributed by atoms with E-state index in [4.69, 9.17) is 4.52 Å². The van der Waals surface area contributed by atoms with Crippen molar-refractivity contribution >= 4 is 0 Å². The molecular formula is C13H19N3O. The number of rotatable bonds is 6. The van der Waals surface area contributed by atoms with E-state index in [1.807, 2.05) is 13.0 Å². The van der Waals surface area contributed by atoms with Crippen LogP contribution >= 0.6 is 0 Å². The Hall–Kier alpha value is -1.55. The lowest BCUT2D eigenvalue weighted by Crippen LogP contribution is -2.13. The summed E-state index contributed by atoms with van der Waals surface area (Å²) in [6.45, 7) is 6.84. The van der Waals surface area contributed by atoms with Crippen LogP contribution in [0, 0.1) is 6.92 Å². The molecule has 0 aliphatic heterocycles. The predicted molar refractivity (Wildman–Crippen MR) is 66.8 cm³/mol. The molecule has 4 nitrogen and oxygen atoms in total. The standard InChI is InChI=1S/C13H19N3O/c1-3-5-14-8-12-4-6-16(9-12)10-13-7-11(2)17-15-13/h4,6-7,9,14H,3,5,8,10H2,1-2H3. The Morgan fingerprint density at radius 2 is 2.35 bits per heavy atom. The summed E-state index contributed by atoms with van der Waals surface area (Å²) < 4.78 is 7.17. The molecule has 2 aromatic rings. The molecule has 17 heavy (non-hydrogen) atoms. The van der Waals surface area contributed by atoms with Crippen molar-refractivity contribution < 1.29 is 4.52 Å². The first-order valence-corrected chi connectivity index (χ1v) is 6.05. The molecule has 0 bridgehead atoms. The highest BCUT2D eigenvalue weighted by Crippen LogP contribution is 2.07. The Bertz CT molecular complexity index is 459. The minimum Gasteiger partial charge on any atom is -0.361 e. The molecule has 2 aromatic heterocycles. The maximum atomic E-state index is 5.05. The molecule has 0 spiro atoms. The monoisotopic (exact) mass is 233 g/mol. The summed E-state index contributed by atoms with van der Waals surface area (Å²) in [5, 5.41) is 7.37. The van der Waals surface area contributed by atoms with Crippen molar-refractivity contribution in [1.29, 1.82) is 0 Å². The van der Waals surface area contributed by atoms with Crippen LogP contribution in [0.15, 0.2) is 29.0 Å². The maximum Gasteiger partial charge on any atom is 0.133 e. The van der Waals surface area contributed by atoms with Crippen LogP contribution in [0.5, 0.6) is 0 Å². The van der Waals surface area contributed by atoms with Crippen molar-refractivity contribution in [2.24, 2.45) is 0 Å². The van der Waals surface area contributed by atoms with Crippen LogP contribution in [0.1, 0.15) is 30.4 Å². The summed E-state index contributed by atoms with van der Waals surface area (Å²) in [5.74, 6) is 0.858. The molecule has 1 N–H and O–H groups in total.